The molecule has 2 rings (SSSR count). The van der Waals surface area contributed by atoms with Gasteiger partial charge in [0.15, 0.2) is 14.6 Å². The van der Waals surface area contributed by atoms with Crippen LogP contribution in [0.4, 0.5) is 0 Å². The number of hydrogen-bond donors (Lipinski definition) is 0. The molecule has 0 bridgehead atoms. The Morgan fingerprint density at radius 1 is 1.39 bits per heavy atom. The Kier molecular flexibility index (Phi) is 7.56. The van der Waals surface area contributed by atoms with Crippen molar-refractivity contribution in [1.82, 2.24) is 4.98 Å². The highest BCUT2D eigenvalue weighted by Crippen LogP contribution is 2.39. The largest absolute Gasteiger partial charge is 0.458 e. The monoisotopic (exact) mass is 407 g/mol. The fraction of sp³-hybridized carbons (Fsp3) is 0.619. The van der Waals surface area contributed by atoms with Gasteiger partial charge >= 0.3 is 5.97 Å². The highest BCUT2D eigenvalue weighted by Gasteiger charge is 2.42. The molecule has 7 heteroatoms. The quantitative estimate of drug-likeness (QED) is 0.397. The lowest BCUT2D eigenvalue weighted by Crippen LogP contribution is -2.48. The van der Waals surface area contributed by atoms with Crippen molar-refractivity contribution in [2.45, 2.75) is 70.7 Å². The number of carbonyl (C=O) groups is 1. The van der Waals surface area contributed by atoms with Gasteiger partial charge in [-0.2, -0.15) is 0 Å². The lowest BCUT2D eigenvalue weighted by molar-refractivity contribution is -0.155. The Hall–Kier alpha value is -1.54. The molecule has 0 aromatic carbocycles. The maximum atomic E-state index is 12.1. The molecule has 0 amide bonds. The highest BCUT2D eigenvalue weighted by molar-refractivity contribution is 6.74. The van der Waals surface area contributed by atoms with Gasteiger partial charge in [-0.25, -0.2) is 4.79 Å². The molecule has 28 heavy (non-hydrogen) atoms. The second-order valence-corrected chi connectivity index (χ2v) is 13.3. The van der Waals surface area contributed by atoms with Crippen LogP contribution >= 0.6 is 0 Å². The number of ether oxygens (including phenoxy) is 3. The van der Waals surface area contributed by atoms with Crippen LogP contribution in [-0.4, -0.2) is 51.5 Å². The third-order valence-electron chi connectivity index (χ3n) is 5.55. The van der Waals surface area contributed by atoms with Gasteiger partial charge in [0.25, 0.3) is 0 Å². The predicted octanol–water partition coefficient (Wildman–Crippen LogP) is 4.34. The summed E-state index contributed by atoms with van der Waals surface area (Å²) in [6.45, 7) is 13.2. The number of carbonyl (C=O) groups excluding carboxylic acids is 1. The Labute approximate surface area is 169 Å². The number of methoxy groups -OCH3 is 1. The smallest absolute Gasteiger partial charge is 0.340 e. The second kappa shape index (κ2) is 9.30. The van der Waals surface area contributed by atoms with Gasteiger partial charge in [0, 0.05) is 25.9 Å². The van der Waals surface area contributed by atoms with E-state index in [0.717, 1.165) is 5.57 Å². The molecule has 1 fully saturated rings. The van der Waals surface area contributed by atoms with E-state index in [2.05, 4.69) is 38.8 Å². The fourth-order valence-electron chi connectivity index (χ4n) is 2.83. The lowest BCUT2D eigenvalue weighted by Gasteiger charge is -2.43. The SMILES string of the molecule is CO[C@H]1C[C@H](O[Si](C)(C)C(C)(C)C)O[C@@H](C)/C1=C\COC(=O)c1cccnc1. The van der Waals surface area contributed by atoms with Crippen LogP contribution in [0.5, 0.6) is 0 Å². The summed E-state index contributed by atoms with van der Waals surface area (Å²) >= 11 is 0. The molecule has 0 spiro atoms. The van der Waals surface area contributed by atoms with E-state index in [1.807, 2.05) is 13.0 Å². The number of rotatable bonds is 6. The summed E-state index contributed by atoms with van der Waals surface area (Å²) in [4.78, 5) is 16.0. The Balaban J connectivity index is 1.99. The van der Waals surface area contributed by atoms with Gasteiger partial charge in [0.05, 0.1) is 17.8 Å². The first kappa shape index (κ1) is 22.7. The fourth-order valence-corrected chi connectivity index (χ4v) is 3.99. The van der Waals surface area contributed by atoms with E-state index in [0.29, 0.717) is 12.0 Å². The molecule has 2 heterocycles. The van der Waals surface area contributed by atoms with E-state index in [4.69, 9.17) is 18.6 Å². The molecule has 6 nitrogen and oxygen atoms in total. The van der Waals surface area contributed by atoms with Crippen LogP contribution in [-0.2, 0) is 18.6 Å². The normalized spacial score (nSPS) is 25.0. The summed E-state index contributed by atoms with van der Waals surface area (Å²) in [6.07, 6.45) is 5.00. The van der Waals surface area contributed by atoms with Crippen molar-refractivity contribution < 1.29 is 23.4 Å². The van der Waals surface area contributed by atoms with Crippen LogP contribution < -0.4 is 0 Å². The summed E-state index contributed by atoms with van der Waals surface area (Å²) in [5, 5.41) is 0.110. The van der Waals surface area contributed by atoms with Gasteiger partial charge in [-0.15, -0.1) is 0 Å². The maximum Gasteiger partial charge on any atom is 0.340 e. The van der Waals surface area contributed by atoms with Gasteiger partial charge in [0.1, 0.15) is 6.61 Å². The number of pyridine rings is 1. The zero-order valence-corrected chi connectivity index (χ0v) is 19.0. The van der Waals surface area contributed by atoms with E-state index in [9.17, 15) is 4.79 Å². The van der Waals surface area contributed by atoms with Gasteiger partial charge < -0.3 is 18.6 Å². The Morgan fingerprint density at radius 2 is 2.11 bits per heavy atom. The summed E-state index contributed by atoms with van der Waals surface area (Å²) in [7, 11) is -0.257. The van der Waals surface area contributed by atoms with Crippen molar-refractivity contribution in [3.05, 3.63) is 41.7 Å². The third kappa shape index (κ3) is 5.73. The highest BCUT2D eigenvalue weighted by atomic mass is 28.4. The van der Waals surface area contributed by atoms with E-state index < -0.39 is 14.3 Å². The summed E-state index contributed by atoms with van der Waals surface area (Å²) < 4.78 is 23.5. The first-order valence-corrected chi connectivity index (χ1v) is 12.6. The van der Waals surface area contributed by atoms with Crippen molar-refractivity contribution in [1.29, 1.82) is 0 Å². The summed E-state index contributed by atoms with van der Waals surface area (Å²) in [5.74, 6) is -0.401. The topological polar surface area (TPSA) is 66.9 Å². The minimum absolute atomic E-state index is 0.110. The molecule has 0 unspecified atom stereocenters. The first-order chi connectivity index (χ1) is 13.0. The number of nitrogens with zero attached hydrogens (tertiary/aromatic N) is 1. The van der Waals surface area contributed by atoms with E-state index in [-0.39, 0.29) is 30.1 Å². The van der Waals surface area contributed by atoms with Crippen molar-refractivity contribution in [2.24, 2.45) is 0 Å². The standard InChI is InChI=1S/C21H33NO5Si/c1-15-17(10-12-25-20(23)16-9-8-11-22-14-16)18(24-5)13-19(26-15)27-28(6,7)21(2,3)4/h8-11,14-15,18-19H,12-13H2,1-7H3/b17-10+/t15-,18-,19-/m0/s1. The van der Waals surface area contributed by atoms with Crippen LogP contribution in [0.1, 0.15) is 44.5 Å². The molecule has 1 aliphatic rings. The number of esters is 1. The minimum atomic E-state index is -1.94. The van der Waals surface area contributed by atoms with E-state index in [1.165, 1.54) is 6.20 Å². The molecule has 0 N–H and O–H groups in total. The molecule has 3 atom stereocenters. The van der Waals surface area contributed by atoms with Crippen LogP contribution in [0.15, 0.2) is 36.2 Å². The van der Waals surface area contributed by atoms with Crippen LogP contribution in [0.25, 0.3) is 0 Å². The first-order valence-electron chi connectivity index (χ1n) is 9.68. The molecule has 1 aliphatic heterocycles. The molecule has 0 saturated carbocycles. The van der Waals surface area contributed by atoms with Gasteiger partial charge in [-0.05, 0) is 48.8 Å². The van der Waals surface area contributed by atoms with Crippen LogP contribution in [0, 0.1) is 0 Å². The molecule has 1 saturated heterocycles. The van der Waals surface area contributed by atoms with Crippen molar-refractivity contribution in [2.75, 3.05) is 13.7 Å². The van der Waals surface area contributed by atoms with Gasteiger partial charge in [-0.3, -0.25) is 4.98 Å². The van der Waals surface area contributed by atoms with Crippen LogP contribution in [0.3, 0.4) is 0 Å². The maximum absolute atomic E-state index is 12.1. The number of hydrogen-bond acceptors (Lipinski definition) is 6. The minimum Gasteiger partial charge on any atom is -0.458 e. The summed E-state index contributed by atoms with van der Waals surface area (Å²) in [5.41, 5.74) is 1.40. The molecular formula is C21H33NO5Si. The zero-order valence-electron chi connectivity index (χ0n) is 18.0. The van der Waals surface area contributed by atoms with E-state index >= 15 is 0 Å². The van der Waals surface area contributed by atoms with Crippen LogP contribution in [0.2, 0.25) is 18.1 Å². The number of aromatic nitrogens is 1. The van der Waals surface area contributed by atoms with E-state index in [1.54, 1.807) is 25.4 Å². The molecule has 1 aromatic heterocycles. The van der Waals surface area contributed by atoms with Gasteiger partial charge in [0.2, 0.25) is 0 Å². The Morgan fingerprint density at radius 3 is 2.68 bits per heavy atom. The average Bonchev–Trinajstić information content (AvgIpc) is 2.62. The summed E-state index contributed by atoms with van der Waals surface area (Å²) in [6, 6.07) is 3.38. The molecule has 0 radical (unpaired) electrons. The molecule has 1 aromatic rings. The predicted molar refractivity (Wildman–Crippen MR) is 111 cm³/mol. The Bertz CT molecular complexity index is 684. The second-order valence-electron chi connectivity index (χ2n) is 8.59. The molecule has 0 aliphatic carbocycles. The van der Waals surface area contributed by atoms with Crippen molar-refractivity contribution >= 4 is 14.3 Å². The molecular weight excluding hydrogens is 374 g/mol. The van der Waals surface area contributed by atoms with Crippen molar-refractivity contribution in [3.63, 3.8) is 0 Å². The lowest BCUT2D eigenvalue weighted by atomic mass is 9.98. The van der Waals surface area contributed by atoms with Crippen molar-refractivity contribution in [3.8, 4) is 0 Å². The zero-order chi connectivity index (χ0) is 20.9. The average molecular weight is 408 g/mol. The van der Waals surface area contributed by atoms with Gasteiger partial charge in [-0.1, -0.05) is 20.8 Å². The third-order valence-corrected chi connectivity index (χ3v) is 10.0. The molecule has 156 valence electrons.